The summed E-state index contributed by atoms with van der Waals surface area (Å²) in [6, 6.07) is 0.194. The second kappa shape index (κ2) is 2.03. The first-order valence-corrected chi connectivity index (χ1v) is 2.76. The lowest BCUT2D eigenvalue weighted by molar-refractivity contribution is 0.157. The van der Waals surface area contributed by atoms with Crippen molar-refractivity contribution < 1.29 is 9.90 Å². The highest BCUT2D eigenvalue weighted by atomic mass is 16.4. The molecule has 1 amide bonds. The summed E-state index contributed by atoms with van der Waals surface area (Å²) >= 11 is 0. The third kappa shape index (κ3) is 1.12. The minimum Gasteiger partial charge on any atom is -0.316 e. The molecule has 1 aliphatic carbocycles. The van der Waals surface area contributed by atoms with Gasteiger partial charge in [0.15, 0.2) is 0 Å². The first kappa shape index (κ1) is 5.41. The molecule has 0 aromatic carbocycles. The molecule has 0 heterocycles. The average Bonchev–Trinajstić information content (AvgIpc) is 1.55. The van der Waals surface area contributed by atoms with Crippen LogP contribution in [0.15, 0.2) is 0 Å². The lowest BCUT2D eigenvalue weighted by atomic mass is 9.93. The number of hydrogen-bond acceptors (Lipinski definition) is 1. The quantitative estimate of drug-likeness (QED) is 0.535. The van der Waals surface area contributed by atoms with E-state index in [1.54, 1.807) is 0 Å². The normalized spacial score (nSPS) is 19.5. The van der Waals surface area contributed by atoms with Gasteiger partial charge in [0.1, 0.15) is 0 Å². The predicted molar refractivity (Wildman–Crippen MR) is 26.9 cm³/mol. The lowest BCUT2D eigenvalue weighted by Gasteiger charge is -2.23. The minimum absolute atomic E-state index is 0.194. The van der Waals surface area contributed by atoms with Crippen LogP contribution in [0, 0.1) is 0 Å². The minimum atomic E-state index is -1.14. The van der Waals surface area contributed by atoms with E-state index in [9.17, 15) is 9.90 Å². The molecule has 0 atom stereocenters. The maximum absolute atomic E-state index is 9.78. The van der Waals surface area contributed by atoms with Crippen LogP contribution in [0.25, 0.3) is 0 Å². The highest BCUT2D eigenvalue weighted by Gasteiger charge is 2.18. The Morgan fingerprint density at radius 1 is 1.50 bits per heavy atom. The number of nitrogens with one attached hydrogen (secondary N) is 1. The van der Waals surface area contributed by atoms with E-state index in [4.69, 9.17) is 0 Å². The molecule has 3 heteroatoms. The smallest absolute Gasteiger partial charge is 0.316 e. The molecule has 3 nitrogen and oxygen atoms in total. The summed E-state index contributed by atoms with van der Waals surface area (Å²) in [5, 5.41) is 12.1. The van der Waals surface area contributed by atoms with Gasteiger partial charge in [0.05, 0.1) is 0 Å². The second-order valence-electron chi connectivity index (χ2n) is 2.06. The predicted octanol–water partition coefficient (Wildman–Crippen LogP) is 0.679. The number of carbonyl (C=O) groups is 1. The van der Waals surface area contributed by atoms with Crippen LogP contribution in [0.5, 0.6) is 0 Å². The van der Waals surface area contributed by atoms with Crippen molar-refractivity contribution in [2.45, 2.75) is 25.3 Å². The topological polar surface area (TPSA) is 49.0 Å². The Morgan fingerprint density at radius 3 is 2.25 bits per heavy atom. The summed E-state index contributed by atoms with van der Waals surface area (Å²) in [6.45, 7) is 0. The zero-order valence-corrected chi connectivity index (χ0v) is 4.52. The van der Waals surface area contributed by atoms with E-state index in [1.807, 2.05) is 0 Å². The van der Waals surface area contributed by atoms with Crippen molar-refractivity contribution in [1.29, 1.82) is 0 Å². The molecule has 1 aliphatic rings. The molecule has 1 saturated carbocycles. The van der Waals surface area contributed by atoms with E-state index in [2.05, 4.69) is 5.32 Å². The number of carbonyl (C=O) groups excluding carboxylic acids is 1. The van der Waals surface area contributed by atoms with Gasteiger partial charge >= 0.3 is 6.09 Å². The van der Waals surface area contributed by atoms with Gasteiger partial charge in [-0.3, -0.25) is 0 Å². The number of rotatable bonds is 1. The molecule has 0 bridgehead atoms. The molecule has 1 radical (unpaired) electrons. The van der Waals surface area contributed by atoms with Crippen molar-refractivity contribution in [2.24, 2.45) is 0 Å². The van der Waals surface area contributed by atoms with Crippen LogP contribution in [-0.4, -0.2) is 12.1 Å². The van der Waals surface area contributed by atoms with Crippen LogP contribution < -0.4 is 5.32 Å². The molecule has 0 unspecified atom stereocenters. The fourth-order valence-electron chi connectivity index (χ4n) is 0.719. The molecule has 1 N–H and O–H groups in total. The number of amides is 1. The molecular weight excluding hydrogens is 106 g/mol. The van der Waals surface area contributed by atoms with Crippen molar-refractivity contribution in [1.82, 2.24) is 5.32 Å². The van der Waals surface area contributed by atoms with Gasteiger partial charge in [0, 0.05) is 6.04 Å². The monoisotopic (exact) mass is 114 g/mol. The van der Waals surface area contributed by atoms with Crippen molar-refractivity contribution in [3.8, 4) is 0 Å². The summed E-state index contributed by atoms with van der Waals surface area (Å²) in [7, 11) is 0. The van der Waals surface area contributed by atoms with Crippen LogP contribution in [-0.2, 0) is 5.11 Å². The summed E-state index contributed by atoms with van der Waals surface area (Å²) in [5.74, 6) is 0. The zero-order valence-electron chi connectivity index (χ0n) is 4.52. The SMILES string of the molecule is [O]C(=O)NC1CCC1. The Bertz CT molecular complexity index is 98.6. The standard InChI is InChI=1S/C5H8NO2/c7-5(8)6-4-2-1-3-4/h4,6H,1-3H2. The Morgan fingerprint density at radius 2 is 2.12 bits per heavy atom. The van der Waals surface area contributed by atoms with Gasteiger partial charge in [-0.25, -0.2) is 9.90 Å². The van der Waals surface area contributed by atoms with Gasteiger partial charge < -0.3 is 5.32 Å². The third-order valence-electron chi connectivity index (χ3n) is 1.43. The van der Waals surface area contributed by atoms with Crippen LogP contribution >= 0.6 is 0 Å². The van der Waals surface area contributed by atoms with Crippen molar-refractivity contribution in [2.75, 3.05) is 0 Å². The average molecular weight is 114 g/mol. The highest BCUT2D eigenvalue weighted by Crippen LogP contribution is 2.17. The Hall–Kier alpha value is -0.730. The Kier molecular flexibility index (Phi) is 1.37. The molecule has 0 spiro atoms. The van der Waals surface area contributed by atoms with E-state index < -0.39 is 6.09 Å². The largest absolute Gasteiger partial charge is 0.450 e. The van der Waals surface area contributed by atoms with Gasteiger partial charge in [0.25, 0.3) is 0 Å². The first-order valence-electron chi connectivity index (χ1n) is 2.76. The van der Waals surface area contributed by atoms with Crippen molar-refractivity contribution >= 4 is 6.09 Å². The summed E-state index contributed by atoms with van der Waals surface area (Å²) in [4.78, 5) is 9.78. The molecule has 0 aromatic heterocycles. The van der Waals surface area contributed by atoms with E-state index in [0.29, 0.717) is 0 Å². The second-order valence-corrected chi connectivity index (χ2v) is 2.06. The molecular formula is C5H8NO2. The summed E-state index contributed by atoms with van der Waals surface area (Å²) in [6.07, 6.45) is 1.96. The van der Waals surface area contributed by atoms with Gasteiger partial charge in [-0.05, 0) is 19.3 Å². The van der Waals surface area contributed by atoms with E-state index in [1.165, 1.54) is 0 Å². The van der Waals surface area contributed by atoms with E-state index in [-0.39, 0.29) is 6.04 Å². The molecule has 1 rings (SSSR count). The van der Waals surface area contributed by atoms with Crippen LogP contribution in [0.1, 0.15) is 19.3 Å². The van der Waals surface area contributed by atoms with E-state index in [0.717, 1.165) is 19.3 Å². The maximum atomic E-state index is 9.78. The van der Waals surface area contributed by atoms with Gasteiger partial charge in [-0.15, -0.1) is 0 Å². The Labute approximate surface area is 47.7 Å². The van der Waals surface area contributed by atoms with E-state index >= 15 is 0 Å². The first-order chi connectivity index (χ1) is 3.79. The Balaban J connectivity index is 2.09. The van der Waals surface area contributed by atoms with Crippen molar-refractivity contribution in [3.05, 3.63) is 0 Å². The van der Waals surface area contributed by atoms with Gasteiger partial charge in [0.2, 0.25) is 0 Å². The fraction of sp³-hybridized carbons (Fsp3) is 0.800. The molecule has 8 heavy (non-hydrogen) atoms. The summed E-state index contributed by atoms with van der Waals surface area (Å²) in [5.41, 5.74) is 0. The zero-order chi connectivity index (χ0) is 5.98. The van der Waals surface area contributed by atoms with Crippen molar-refractivity contribution in [3.63, 3.8) is 0 Å². The molecule has 45 valence electrons. The lowest BCUT2D eigenvalue weighted by Crippen LogP contribution is -2.37. The third-order valence-corrected chi connectivity index (χ3v) is 1.43. The van der Waals surface area contributed by atoms with Gasteiger partial charge in [-0.1, -0.05) is 0 Å². The molecule has 0 aliphatic heterocycles. The van der Waals surface area contributed by atoms with Crippen LogP contribution in [0.4, 0.5) is 4.79 Å². The van der Waals surface area contributed by atoms with Gasteiger partial charge in [-0.2, -0.15) is 0 Å². The molecule has 0 saturated heterocycles. The summed E-state index contributed by atoms with van der Waals surface area (Å²) < 4.78 is 0. The molecule has 0 aromatic rings. The molecule has 1 fully saturated rings. The van der Waals surface area contributed by atoms with Crippen LogP contribution in [0.2, 0.25) is 0 Å². The number of hydrogen-bond donors (Lipinski definition) is 1. The highest BCUT2D eigenvalue weighted by molar-refractivity contribution is 5.64. The van der Waals surface area contributed by atoms with Crippen LogP contribution in [0.3, 0.4) is 0 Å². The maximum Gasteiger partial charge on any atom is 0.450 e. The fourth-order valence-corrected chi connectivity index (χ4v) is 0.719.